The van der Waals surface area contributed by atoms with Crippen LogP contribution in [0, 0.1) is 0 Å². The first-order valence-corrected chi connectivity index (χ1v) is 7.23. The van der Waals surface area contributed by atoms with Crippen LogP contribution in [0.25, 0.3) is 0 Å². The van der Waals surface area contributed by atoms with Gasteiger partial charge in [-0.3, -0.25) is 0 Å². The smallest absolute Gasteiger partial charge is 0.243 e. The molecule has 1 atom stereocenters. The summed E-state index contributed by atoms with van der Waals surface area (Å²) in [5, 5.41) is 0. The van der Waals surface area contributed by atoms with Gasteiger partial charge in [-0.15, -0.1) is 0 Å². The van der Waals surface area contributed by atoms with Gasteiger partial charge < -0.3 is 5.73 Å². The molecule has 1 aromatic carbocycles. The molecule has 17 heavy (non-hydrogen) atoms. The van der Waals surface area contributed by atoms with Gasteiger partial charge in [-0.1, -0.05) is 26.0 Å². The lowest BCUT2D eigenvalue weighted by Crippen LogP contribution is -2.30. The van der Waals surface area contributed by atoms with Gasteiger partial charge >= 0.3 is 0 Å². The van der Waals surface area contributed by atoms with E-state index in [2.05, 4.69) is 0 Å². The van der Waals surface area contributed by atoms with Gasteiger partial charge in [0.05, 0.1) is 4.90 Å². The molecule has 96 valence electrons. The Morgan fingerprint density at radius 3 is 2.35 bits per heavy atom. The number of benzene rings is 1. The van der Waals surface area contributed by atoms with E-state index in [9.17, 15) is 8.42 Å². The predicted molar refractivity (Wildman–Crippen MR) is 69.2 cm³/mol. The zero-order valence-electron chi connectivity index (χ0n) is 10.6. The molecule has 0 aliphatic carbocycles. The minimum absolute atomic E-state index is 0.165. The number of hydrogen-bond acceptors (Lipinski definition) is 3. The van der Waals surface area contributed by atoms with Crippen molar-refractivity contribution in [2.24, 2.45) is 5.73 Å². The minimum atomic E-state index is -3.38. The van der Waals surface area contributed by atoms with Crippen molar-refractivity contribution in [1.29, 1.82) is 0 Å². The van der Waals surface area contributed by atoms with E-state index in [1.54, 1.807) is 18.2 Å². The second kappa shape index (κ2) is 5.62. The first-order chi connectivity index (χ1) is 7.93. The molecule has 0 fully saturated rings. The highest BCUT2D eigenvalue weighted by atomic mass is 32.2. The second-order valence-corrected chi connectivity index (χ2v) is 5.89. The molecular formula is C12H20N2O2S. The van der Waals surface area contributed by atoms with Crippen LogP contribution in [0.15, 0.2) is 29.2 Å². The summed E-state index contributed by atoms with van der Waals surface area (Å²) < 4.78 is 25.9. The topological polar surface area (TPSA) is 63.4 Å². The van der Waals surface area contributed by atoms with Crippen molar-refractivity contribution >= 4 is 10.0 Å². The van der Waals surface area contributed by atoms with Crippen molar-refractivity contribution in [3.63, 3.8) is 0 Å². The van der Waals surface area contributed by atoms with Crippen molar-refractivity contribution in [2.75, 3.05) is 13.1 Å². The maximum atomic E-state index is 12.3. The van der Waals surface area contributed by atoms with Crippen molar-refractivity contribution in [3.05, 3.63) is 29.8 Å². The van der Waals surface area contributed by atoms with Gasteiger partial charge in [0.25, 0.3) is 0 Å². The molecule has 5 heteroatoms. The molecule has 0 radical (unpaired) electrons. The third kappa shape index (κ3) is 3.06. The molecule has 1 aromatic rings. The van der Waals surface area contributed by atoms with Crippen LogP contribution < -0.4 is 5.73 Å². The monoisotopic (exact) mass is 256 g/mol. The predicted octanol–water partition coefficient (Wildman–Crippen LogP) is 1.74. The quantitative estimate of drug-likeness (QED) is 0.872. The summed E-state index contributed by atoms with van der Waals surface area (Å²) in [6, 6.07) is 6.67. The molecule has 0 aliphatic heterocycles. The SMILES string of the molecule is CCN(CC)S(=O)(=O)c1cccc(C(C)N)c1. The highest BCUT2D eigenvalue weighted by Crippen LogP contribution is 2.19. The second-order valence-electron chi connectivity index (χ2n) is 3.95. The summed E-state index contributed by atoms with van der Waals surface area (Å²) >= 11 is 0. The lowest BCUT2D eigenvalue weighted by molar-refractivity contribution is 0.445. The van der Waals surface area contributed by atoms with E-state index >= 15 is 0 Å². The standard InChI is InChI=1S/C12H20N2O2S/c1-4-14(5-2)17(15,16)12-8-6-7-11(9-12)10(3)13/h6-10H,4-5,13H2,1-3H3. The van der Waals surface area contributed by atoms with E-state index in [1.165, 1.54) is 4.31 Å². The molecule has 0 heterocycles. The Kier molecular flexibility index (Phi) is 4.68. The molecule has 4 nitrogen and oxygen atoms in total. The lowest BCUT2D eigenvalue weighted by atomic mass is 10.1. The Hall–Kier alpha value is -0.910. The summed E-state index contributed by atoms with van der Waals surface area (Å²) in [5.74, 6) is 0. The Morgan fingerprint density at radius 1 is 1.29 bits per heavy atom. The Balaban J connectivity index is 3.19. The van der Waals surface area contributed by atoms with Crippen LogP contribution in [0.3, 0.4) is 0 Å². The summed E-state index contributed by atoms with van der Waals surface area (Å²) in [4.78, 5) is 0.316. The van der Waals surface area contributed by atoms with Crippen molar-refractivity contribution in [3.8, 4) is 0 Å². The summed E-state index contributed by atoms with van der Waals surface area (Å²) in [7, 11) is -3.38. The van der Waals surface area contributed by atoms with Gasteiger partial charge in [0.1, 0.15) is 0 Å². The number of hydrogen-bond donors (Lipinski definition) is 1. The van der Waals surface area contributed by atoms with Gasteiger partial charge in [0, 0.05) is 19.1 Å². The van der Waals surface area contributed by atoms with Gasteiger partial charge in [0.2, 0.25) is 10.0 Å². The van der Waals surface area contributed by atoms with Gasteiger partial charge in [-0.2, -0.15) is 4.31 Å². The summed E-state index contributed by atoms with van der Waals surface area (Å²) in [6.07, 6.45) is 0. The molecule has 0 aliphatic rings. The molecule has 0 amide bonds. The molecule has 1 rings (SSSR count). The number of nitrogens with two attached hydrogens (primary N) is 1. The molecular weight excluding hydrogens is 236 g/mol. The first kappa shape index (κ1) is 14.2. The van der Waals surface area contributed by atoms with Crippen molar-refractivity contribution in [2.45, 2.75) is 31.7 Å². The fraction of sp³-hybridized carbons (Fsp3) is 0.500. The third-order valence-corrected chi connectivity index (χ3v) is 4.77. The molecule has 0 bridgehead atoms. The zero-order chi connectivity index (χ0) is 13.1. The molecule has 0 spiro atoms. The maximum absolute atomic E-state index is 12.3. The molecule has 0 saturated carbocycles. The Morgan fingerprint density at radius 2 is 1.88 bits per heavy atom. The molecule has 0 aromatic heterocycles. The van der Waals surface area contributed by atoms with E-state index in [0.29, 0.717) is 18.0 Å². The van der Waals surface area contributed by atoms with Crippen molar-refractivity contribution in [1.82, 2.24) is 4.31 Å². The molecule has 1 unspecified atom stereocenters. The fourth-order valence-corrected chi connectivity index (χ4v) is 3.18. The van der Waals surface area contributed by atoms with Gasteiger partial charge in [0.15, 0.2) is 0 Å². The van der Waals surface area contributed by atoms with Crippen LogP contribution in [0.2, 0.25) is 0 Å². The third-order valence-electron chi connectivity index (χ3n) is 2.73. The van der Waals surface area contributed by atoms with E-state index in [4.69, 9.17) is 5.73 Å². The Bertz CT molecular complexity index is 465. The van der Waals surface area contributed by atoms with Crippen molar-refractivity contribution < 1.29 is 8.42 Å². The normalized spacial score (nSPS) is 13.9. The minimum Gasteiger partial charge on any atom is -0.324 e. The average Bonchev–Trinajstić information content (AvgIpc) is 2.30. The number of rotatable bonds is 5. The van der Waals surface area contributed by atoms with E-state index < -0.39 is 10.0 Å². The summed E-state index contributed by atoms with van der Waals surface area (Å²) in [6.45, 7) is 6.44. The van der Waals surface area contributed by atoms with Crippen LogP contribution in [-0.2, 0) is 10.0 Å². The van der Waals surface area contributed by atoms with Crippen LogP contribution in [0.1, 0.15) is 32.4 Å². The highest BCUT2D eigenvalue weighted by molar-refractivity contribution is 7.89. The number of nitrogens with zero attached hydrogens (tertiary/aromatic N) is 1. The number of sulfonamides is 1. The van der Waals surface area contributed by atoms with E-state index in [1.807, 2.05) is 26.8 Å². The van der Waals surface area contributed by atoms with Crippen LogP contribution in [-0.4, -0.2) is 25.8 Å². The first-order valence-electron chi connectivity index (χ1n) is 5.79. The maximum Gasteiger partial charge on any atom is 0.243 e. The highest BCUT2D eigenvalue weighted by Gasteiger charge is 2.21. The molecule has 0 saturated heterocycles. The zero-order valence-corrected chi connectivity index (χ0v) is 11.4. The largest absolute Gasteiger partial charge is 0.324 e. The van der Waals surface area contributed by atoms with Gasteiger partial charge in [-0.05, 0) is 24.6 Å². The van der Waals surface area contributed by atoms with Crippen LogP contribution in [0.4, 0.5) is 0 Å². The average molecular weight is 256 g/mol. The van der Waals surface area contributed by atoms with Crippen LogP contribution in [0.5, 0.6) is 0 Å². The van der Waals surface area contributed by atoms with E-state index in [-0.39, 0.29) is 6.04 Å². The fourth-order valence-electron chi connectivity index (χ4n) is 1.67. The van der Waals surface area contributed by atoms with E-state index in [0.717, 1.165) is 5.56 Å². The Labute approximate surface area is 103 Å². The molecule has 2 N–H and O–H groups in total. The lowest BCUT2D eigenvalue weighted by Gasteiger charge is -2.19. The summed E-state index contributed by atoms with van der Waals surface area (Å²) in [5.41, 5.74) is 6.59. The van der Waals surface area contributed by atoms with Crippen LogP contribution >= 0.6 is 0 Å². The van der Waals surface area contributed by atoms with Gasteiger partial charge in [-0.25, -0.2) is 8.42 Å².